The van der Waals surface area contributed by atoms with Gasteiger partial charge in [0.25, 0.3) is 0 Å². The van der Waals surface area contributed by atoms with Crippen LogP contribution >= 0.6 is 15.9 Å². The fourth-order valence-electron chi connectivity index (χ4n) is 2.68. The van der Waals surface area contributed by atoms with E-state index in [9.17, 15) is 23.9 Å². The number of carboxylic acids is 1. The predicted octanol–water partition coefficient (Wildman–Crippen LogP) is 2.45. The molecule has 0 fully saturated rings. The molecule has 28 heavy (non-hydrogen) atoms. The van der Waals surface area contributed by atoms with Gasteiger partial charge in [0, 0.05) is 24.2 Å². The quantitative estimate of drug-likeness (QED) is 0.575. The standard InChI is InChI=1S/C20H20BrFN2O4/c1-12(25)23-17(11-14-3-2-4-16(22)9-14)19(26)24-18(20(27)28)10-13-5-7-15(21)8-6-13/h2-9,17-18H,10-11H2,1H3,(H,23,25)(H,24,26)(H,27,28)/t17-,18-/m0/s1. The van der Waals surface area contributed by atoms with E-state index in [0.29, 0.717) is 5.56 Å². The Balaban J connectivity index is 2.12. The molecule has 0 aromatic heterocycles. The van der Waals surface area contributed by atoms with Gasteiger partial charge in [-0.25, -0.2) is 9.18 Å². The topological polar surface area (TPSA) is 95.5 Å². The molecule has 6 nitrogen and oxygen atoms in total. The molecule has 0 saturated heterocycles. The van der Waals surface area contributed by atoms with Gasteiger partial charge in [-0.15, -0.1) is 0 Å². The van der Waals surface area contributed by atoms with Crippen molar-refractivity contribution in [1.29, 1.82) is 0 Å². The highest BCUT2D eigenvalue weighted by Crippen LogP contribution is 2.13. The largest absolute Gasteiger partial charge is 0.480 e. The van der Waals surface area contributed by atoms with Gasteiger partial charge in [-0.3, -0.25) is 9.59 Å². The van der Waals surface area contributed by atoms with Crippen molar-refractivity contribution in [2.24, 2.45) is 0 Å². The summed E-state index contributed by atoms with van der Waals surface area (Å²) in [5, 5.41) is 14.4. The number of nitrogens with one attached hydrogen (secondary N) is 2. The second-order valence-electron chi connectivity index (χ2n) is 6.32. The van der Waals surface area contributed by atoms with Gasteiger partial charge in [0.05, 0.1) is 0 Å². The monoisotopic (exact) mass is 450 g/mol. The molecule has 0 spiro atoms. The summed E-state index contributed by atoms with van der Waals surface area (Å²) in [7, 11) is 0. The van der Waals surface area contributed by atoms with Gasteiger partial charge in [0.15, 0.2) is 0 Å². The smallest absolute Gasteiger partial charge is 0.326 e. The maximum absolute atomic E-state index is 13.4. The number of carbonyl (C=O) groups is 3. The van der Waals surface area contributed by atoms with E-state index in [2.05, 4.69) is 26.6 Å². The number of carboxylic acid groups (broad SMARTS) is 1. The first-order chi connectivity index (χ1) is 13.2. The van der Waals surface area contributed by atoms with Crippen molar-refractivity contribution in [3.8, 4) is 0 Å². The molecule has 0 aliphatic carbocycles. The Hall–Kier alpha value is -2.74. The lowest BCUT2D eigenvalue weighted by atomic mass is 10.0. The Morgan fingerprint density at radius 2 is 1.64 bits per heavy atom. The Morgan fingerprint density at radius 1 is 1.00 bits per heavy atom. The molecular formula is C20H20BrFN2O4. The van der Waals surface area contributed by atoms with E-state index in [1.54, 1.807) is 30.3 Å². The van der Waals surface area contributed by atoms with E-state index in [4.69, 9.17) is 0 Å². The summed E-state index contributed by atoms with van der Waals surface area (Å²) < 4.78 is 14.3. The van der Waals surface area contributed by atoms with Crippen LogP contribution in [0, 0.1) is 5.82 Å². The highest BCUT2D eigenvalue weighted by Gasteiger charge is 2.26. The molecule has 2 atom stereocenters. The van der Waals surface area contributed by atoms with Crippen molar-refractivity contribution in [2.75, 3.05) is 0 Å². The van der Waals surface area contributed by atoms with Crippen LogP contribution in [-0.4, -0.2) is 35.0 Å². The fourth-order valence-corrected chi connectivity index (χ4v) is 2.95. The summed E-state index contributed by atoms with van der Waals surface area (Å²) in [5.41, 5.74) is 1.24. The molecule has 2 aromatic carbocycles. The van der Waals surface area contributed by atoms with Crippen LogP contribution in [0.2, 0.25) is 0 Å². The third-order valence-corrected chi connectivity index (χ3v) is 4.52. The van der Waals surface area contributed by atoms with E-state index in [1.807, 2.05) is 0 Å². The Bertz CT molecular complexity index is 858. The zero-order chi connectivity index (χ0) is 20.7. The summed E-state index contributed by atoms with van der Waals surface area (Å²) in [5.74, 6) is -2.75. The molecule has 0 unspecified atom stereocenters. The average Bonchev–Trinajstić information content (AvgIpc) is 2.62. The van der Waals surface area contributed by atoms with Gasteiger partial charge in [-0.05, 0) is 35.4 Å². The summed E-state index contributed by atoms with van der Waals surface area (Å²) in [6.45, 7) is 1.25. The first-order valence-corrected chi connectivity index (χ1v) is 9.33. The molecule has 0 saturated carbocycles. The number of halogens is 2. The van der Waals surface area contributed by atoms with Gasteiger partial charge in [-0.2, -0.15) is 0 Å². The first kappa shape index (κ1) is 21.6. The van der Waals surface area contributed by atoms with Crippen LogP contribution in [0.25, 0.3) is 0 Å². The number of rotatable bonds is 8. The molecular weight excluding hydrogens is 431 g/mol. The molecule has 2 amide bonds. The van der Waals surface area contributed by atoms with Crippen molar-refractivity contribution in [1.82, 2.24) is 10.6 Å². The second-order valence-corrected chi connectivity index (χ2v) is 7.23. The zero-order valence-corrected chi connectivity index (χ0v) is 16.7. The lowest BCUT2D eigenvalue weighted by molar-refractivity contribution is -0.142. The summed E-state index contributed by atoms with van der Waals surface area (Å²) in [4.78, 5) is 35.7. The molecule has 2 rings (SSSR count). The minimum atomic E-state index is -1.19. The maximum atomic E-state index is 13.4. The van der Waals surface area contributed by atoms with Crippen molar-refractivity contribution in [3.05, 3.63) is 69.9 Å². The van der Waals surface area contributed by atoms with E-state index >= 15 is 0 Å². The normalized spacial score (nSPS) is 12.7. The lowest BCUT2D eigenvalue weighted by Crippen LogP contribution is -2.52. The molecule has 0 bridgehead atoms. The maximum Gasteiger partial charge on any atom is 0.326 e. The van der Waals surface area contributed by atoms with Gasteiger partial charge < -0.3 is 15.7 Å². The lowest BCUT2D eigenvalue weighted by Gasteiger charge is -2.21. The van der Waals surface area contributed by atoms with Crippen molar-refractivity contribution >= 4 is 33.7 Å². The Labute approximate surface area is 170 Å². The number of carbonyl (C=O) groups excluding carboxylic acids is 2. The third-order valence-electron chi connectivity index (χ3n) is 3.99. The Kier molecular flexibility index (Phi) is 7.69. The van der Waals surface area contributed by atoms with Crippen LogP contribution in [0.4, 0.5) is 4.39 Å². The summed E-state index contributed by atoms with van der Waals surface area (Å²) in [6, 6.07) is 10.5. The van der Waals surface area contributed by atoms with Crippen molar-refractivity contribution in [2.45, 2.75) is 31.8 Å². The molecule has 0 aliphatic heterocycles. The number of hydrogen-bond acceptors (Lipinski definition) is 3. The van der Waals surface area contributed by atoms with Gasteiger partial charge >= 0.3 is 5.97 Å². The molecule has 8 heteroatoms. The first-order valence-electron chi connectivity index (χ1n) is 8.53. The minimum Gasteiger partial charge on any atom is -0.480 e. The number of aliphatic carboxylic acids is 1. The average molecular weight is 451 g/mol. The molecule has 0 aliphatic rings. The summed E-state index contributed by atoms with van der Waals surface area (Å²) >= 11 is 3.31. The van der Waals surface area contributed by atoms with E-state index in [-0.39, 0.29) is 12.8 Å². The van der Waals surface area contributed by atoms with Crippen molar-refractivity contribution < 1.29 is 23.9 Å². The van der Waals surface area contributed by atoms with Crippen LogP contribution in [-0.2, 0) is 27.2 Å². The Morgan fingerprint density at radius 3 is 2.21 bits per heavy atom. The molecule has 2 aromatic rings. The van der Waals surface area contributed by atoms with E-state index in [0.717, 1.165) is 10.0 Å². The van der Waals surface area contributed by atoms with Crippen LogP contribution < -0.4 is 10.6 Å². The SMILES string of the molecule is CC(=O)N[C@@H](Cc1cccc(F)c1)C(=O)N[C@@H](Cc1ccc(Br)cc1)C(=O)O. The van der Waals surface area contributed by atoms with Crippen LogP contribution in [0.15, 0.2) is 53.0 Å². The molecule has 0 heterocycles. The predicted molar refractivity (Wildman–Crippen MR) is 105 cm³/mol. The third kappa shape index (κ3) is 6.77. The van der Waals surface area contributed by atoms with Crippen molar-refractivity contribution in [3.63, 3.8) is 0 Å². The second kappa shape index (κ2) is 9.98. The van der Waals surface area contributed by atoms with Crippen LogP contribution in [0.3, 0.4) is 0 Å². The number of hydrogen-bond donors (Lipinski definition) is 3. The van der Waals surface area contributed by atoms with E-state index < -0.39 is 35.7 Å². The van der Waals surface area contributed by atoms with Crippen LogP contribution in [0.1, 0.15) is 18.1 Å². The highest BCUT2D eigenvalue weighted by molar-refractivity contribution is 9.10. The number of benzene rings is 2. The highest BCUT2D eigenvalue weighted by atomic mass is 79.9. The molecule has 3 N–H and O–H groups in total. The fraction of sp³-hybridized carbons (Fsp3) is 0.250. The van der Waals surface area contributed by atoms with Crippen LogP contribution in [0.5, 0.6) is 0 Å². The van der Waals surface area contributed by atoms with E-state index in [1.165, 1.54) is 25.1 Å². The molecule has 0 radical (unpaired) electrons. The van der Waals surface area contributed by atoms with Gasteiger partial charge in [0.2, 0.25) is 11.8 Å². The molecule has 148 valence electrons. The minimum absolute atomic E-state index is 0.0355. The number of amides is 2. The zero-order valence-electron chi connectivity index (χ0n) is 15.1. The summed E-state index contributed by atoms with van der Waals surface area (Å²) in [6.07, 6.45) is 0.120. The van der Waals surface area contributed by atoms with Gasteiger partial charge in [0.1, 0.15) is 17.9 Å². The van der Waals surface area contributed by atoms with Gasteiger partial charge in [-0.1, -0.05) is 40.2 Å².